The molecule has 0 saturated carbocycles. The highest BCUT2D eigenvalue weighted by molar-refractivity contribution is 5.94. The Kier molecular flexibility index (Phi) is 5.88. The van der Waals surface area contributed by atoms with Crippen molar-refractivity contribution in [2.45, 2.75) is 6.92 Å². The largest absolute Gasteiger partial charge is 0.457 e. The summed E-state index contributed by atoms with van der Waals surface area (Å²) in [5.41, 5.74) is 10.9. The van der Waals surface area contributed by atoms with Gasteiger partial charge in [-0.25, -0.2) is 9.97 Å². The van der Waals surface area contributed by atoms with Crippen LogP contribution >= 0.6 is 0 Å². The quantitative estimate of drug-likeness (QED) is 0.418. The van der Waals surface area contributed by atoms with Crippen LogP contribution in [0.3, 0.4) is 0 Å². The number of carbonyl (C=O) groups is 1. The van der Waals surface area contributed by atoms with Gasteiger partial charge in [0.1, 0.15) is 11.2 Å². The van der Waals surface area contributed by atoms with E-state index in [2.05, 4.69) is 25.2 Å². The number of furan rings is 2. The molecule has 3 N–H and O–H groups in total. The summed E-state index contributed by atoms with van der Waals surface area (Å²) in [6.45, 7) is 4.09. The fourth-order valence-electron chi connectivity index (χ4n) is 3.75. The predicted octanol–water partition coefficient (Wildman–Crippen LogP) is 3.33. The van der Waals surface area contributed by atoms with Crippen LogP contribution in [0.15, 0.2) is 59.1 Å². The lowest BCUT2D eigenvalue weighted by atomic mass is 10.1. The fourth-order valence-corrected chi connectivity index (χ4v) is 3.75. The van der Waals surface area contributed by atoms with Crippen LogP contribution in [0.5, 0.6) is 0 Å². The maximum atomic E-state index is 11.5. The van der Waals surface area contributed by atoms with E-state index in [0.29, 0.717) is 54.7 Å². The minimum Gasteiger partial charge on any atom is -0.457 e. The number of fused-ring (bicyclic) bond motifs is 3. The molecule has 5 heterocycles. The molecule has 0 atom stereocenters. The highest BCUT2D eigenvalue weighted by atomic mass is 16.5. The van der Waals surface area contributed by atoms with Gasteiger partial charge in [0.2, 0.25) is 11.9 Å². The number of amides is 1. The van der Waals surface area contributed by atoms with Gasteiger partial charge in [0.25, 0.3) is 0 Å². The normalized spacial score (nSPS) is 13.6. The molecule has 0 unspecified atom stereocenters. The number of carbonyl (C=O) groups excluding carboxylic acids is 1. The molecule has 172 valence electrons. The van der Waals surface area contributed by atoms with Gasteiger partial charge < -0.3 is 25.1 Å². The van der Waals surface area contributed by atoms with Crippen molar-refractivity contribution in [2.75, 3.05) is 42.3 Å². The molecule has 4 aromatic heterocycles. The zero-order valence-corrected chi connectivity index (χ0v) is 18.6. The molecular formula is C24H23N7O3. The van der Waals surface area contributed by atoms with Crippen molar-refractivity contribution in [1.82, 2.24) is 19.9 Å². The Morgan fingerprint density at radius 1 is 1.00 bits per heavy atom. The van der Waals surface area contributed by atoms with Crippen LogP contribution in [0.2, 0.25) is 0 Å². The molecular weight excluding hydrogens is 434 g/mol. The number of hydrogen-bond acceptors (Lipinski definition) is 9. The van der Waals surface area contributed by atoms with Crippen LogP contribution in [-0.2, 0) is 9.53 Å². The molecule has 34 heavy (non-hydrogen) atoms. The monoisotopic (exact) mass is 457 g/mol. The molecule has 6 rings (SSSR count). The fraction of sp³-hybridized carbons (Fsp3) is 0.208. The van der Waals surface area contributed by atoms with E-state index < -0.39 is 0 Å². The molecule has 10 nitrogen and oxygen atoms in total. The minimum absolute atomic E-state index is 0.152. The average Bonchev–Trinajstić information content (AvgIpc) is 3.51. The average molecular weight is 457 g/mol. The Bertz CT molecular complexity index is 1380. The molecule has 1 amide bonds. The number of morpholine rings is 1. The van der Waals surface area contributed by atoms with E-state index in [-0.39, 0.29) is 11.9 Å². The van der Waals surface area contributed by atoms with Gasteiger partial charge in [-0.15, -0.1) is 0 Å². The van der Waals surface area contributed by atoms with E-state index in [0.717, 1.165) is 16.7 Å². The van der Waals surface area contributed by atoms with Gasteiger partial charge in [-0.1, -0.05) is 18.2 Å². The van der Waals surface area contributed by atoms with Crippen molar-refractivity contribution in [2.24, 2.45) is 0 Å². The highest BCUT2D eigenvalue weighted by Crippen LogP contribution is 2.29. The van der Waals surface area contributed by atoms with Gasteiger partial charge in [0.05, 0.1) is 30.8 Å². The van der Waals surface area contributed by atoms with Gasteiger partial charge >= 0.3 is 0 Å². The first-order valence-electron chi connectivity index (χ1n) is 10.8. The molecule has 1 aromatic carbocycles. The number of hydrogen-bond donors (Lipinski definition) is 2. The lowest BCUT2D eigenvalue weighted by molar-refractivity contribution is -0.114. The number of nitrogens with one attached hydrogen (secondary N) is 1. The molecule has 5 aromatic rings. The number of nitrogens with two attached hydrogens (primary N) is 1. The summed E-state index contributed by atoms with van der Waals surface area (Å²) in [6.07, 6.45) is 1.62. The summed E-state index contributed by atoms with van der Waals surface area (Å²) in [6, 6.07) is 15.3. The van der Waals surface area contributed by atoms with Crippen LogP contribution in [0.4, 0.5) is 17.5 Å². The molecule has 1 aliphatic rings. The molecule has 2 bridgehead atoms. The van der Waals surface area contributed by atoms with Crippen molar-refractivity contribution in [3.05, 3.63) is 54.7 Å². The van der Waals surface area contributed by atoms with Crippen LogP contribution in [-0.4, -0.2) is 52.1 Å². The first-order valence-corrected chi connectivity index (χ1v) is 10.8. The Labute approximate surface area is 195 Å². The number of nitrogen functional groups attached to an aromatic ring is 1. The number of benzene rings is 2. The van der Waals surface area contributed by atoms with Crippen molar-refractivity contribution in [3.8, 4) is 11.3 Å². The number of rotatable bonds is 3. The summed E-state index contributed by atoms with van der Waals surface area (Å²) in [5.74, 6) is 0.651. The van der Waals surface area contributed by atoms with Crippen molar-refractivity contribution in [3.63, 3.8) is 0 Å². The summed E-state index contributed by atoms with van der Waals surface area (Å²) in [4.78, 5) is 31.4. The number of nitrogens with zero attached hydrogens (tertiary/aromatic N) is 5. The van der Waals surface area contributed by atoms with Crippen LogP contribution in [0.1, 0.15) is 6.92 Å². The zero-order chi connectivity index (χ0) is 23.5. The Hall–Kier alpha value is -4.31. The van der Waals surface area contributed by atoms with E-state index in [1.165, 1.54) is 6.92 Å². The van der Waals surface area contributed by atoms with E-state index in [4.69, 9.17) is 19.9 Å². The molecule has 0 aliphatic carbocycles. The Morgan fingerprint density at radius 3 is 2.35 bits per heavy atom. The van der Waals surface area contributed by atoms with Gasteiger partial charge in [0.15, 0.2) is 17.0 Å². The zero-order valence-electron chi connectivity index (χ0n) is 18.6. The van der Waals surface area contributed by atoms with Gasteiger partial charge in [0, 0.05) is 25.6 Å². The summed E-state index contributed by atoms with van der Waals surface area (Å²) < 4.78 is 10.5. The van der Waals surface area contributed by atoms with Gasteiger partial charge in [-0.05, 0) is 30.3 Å². The maximum absolute atomic E-state index is 11.5. The van der Waals surface area contributed by atoms with E-state index in [9.17, 15) is 4.79 Å². The Morgan fingerprint density at radius 2 is 1.71 bits per heavy atom. The molecule has 1 fully saturated rings. The standard InChI is InChI=1S/C18H19N7O2.C6H4O/c1-11(26)21-13-5-3-2-4-12(13)14-10-20-16-15(22-14)17(24-18(19)23-16)25-6-8-27-9-7-25;1-2-6-4-3-5(1)7-6/h2-5,10H,6-9H2,1H3,(H,21,26)(H2,19,20,23,24);1-4H. The third-order valence-corrected chi connectivity index (χ3v) is 5.29. The maximum Gasteiger partial charge on any atom is 0.224 e. The third-order valence-electron chi connectivity index (χ3n) is 5.29. The summed E-state index contributed by atoms with van der Waals surface area (Å²) in [5, 5.41) is 2.82. The lowest BCUT2D eigenvalue weighted by Gasteiger charge is -2.28. The smallest absolute Gasteiger partial charge is 0.224 e. The second kappa shape index (κ2) is 9.28. The first-order chi connectivity index (χ1) is 16.6. The summed E-state index contributed by atoms with van der Waals surface area (Å²) >= 11 is 0. The molecule has 10 heteroatoms. The second-order valence-corrected chi connectivity index (χ2v) is 7.73. The van der Waals surface area contributed by atoms with Gasteiger partial charge in [-0.2, -0.15) is 9.97 Å². The van der Waals surface area contributed by atoms with Crippen molar-refractivity contribution in [1.29, 1.82) is 0 Å². The SMILES string of the molecule is CC(=O)Nc1ccccc1-c1cnc2nc(N)nc(N3CCOCC3)c2n1.c1cc2ccc1o2. The number of aromatic nitrogens is 4. The molecule has 1 aliphatic heterocycles. The number of ether oxygens (including phenoxy) is 1. The second-order valence-electron chi connectivity index (χ2n) is 7.73. The number of anilines is 3. The highest BCUT2D eigenvalue weighted by Gasteiger charge is 2.19. The summed E-state index contributed by atoms with van der Waals surface area (Å²) in [7, 11) is 0. The predicted molar refractivity (Wildman–Crippen MR) is 130 cm³/mol. The van der Waals surface area contributed by atoms with E-state index in [1.54, 1.807) is 6.20 Å². The van der Waals surface area contributed by atoms with Gasteiger partial charge in [-0.3, -0.25) is 4.79 Å². The van der Waals surface area contributed by atoms with E-state index in [1.807, 2.05) is 48.5 Å². The lowest BCUT2D eigenvalue weighted by Crippen LogP contribution is -2.37. The number of para-hydroxylation sites is 1. The van der Waals surface area contributed by atoms with Crippen LogP contribution in [0, 0.1) is 0 Å². The molecule has 1 saturated heterocycles. The first kappa shape index (κ1) is 21.5. The van der Waals surface area contributed by atoms with E-state index >= 15 is 0 Å². The third kappa shape index (κ3) is 4.57. The van der Waals surface area contributed by atoms with Crippen LogP contribution in [0.25, 0.3) is 33.6 Å². The van der Waals surface area contributed by atoms with Crippen molar-refractivity contribution >= 4 is 45.7 Å². The topological polar surface area (TPSA) is 132 Å². The van der Waals surface area contributed by atoms with Crippen LogP contribution < -0.4 is 16.0 Å². The Balaban J connectivity index is 0.000000290. The molecule has 0 radical (unpaired) electrons. The minimum atomic E-state index is -0.152. The van der Waals surface area contributed by atoms with Crippen molar-refractivity contribution < 1.29 is 13.9 Å². The molecule has 0 spiro atoms.